The van der Waals surface area contributed by atoms with Crippen LogP contribution in [-0.4, -0.2) is 62.7 Å². The molecule has 0 saturated carbocycles. The number of amides is 1. The molecular formula is C21H26N4O3S. The van der Waals surface area contributed by atoms with Gasteiger partial charge in [-0.25, -0.2) is 4.98 Å². The van der Waals surface area contributed by atoms with Gasteiger partial charge >= 0.3 is 0 Å². The van der Waals surface area contributed by atoms with Gasteiger partial charge in [0.25, 0.3) is 5.91 Å². The fraction of sp³-hybridized carbons (Fsp3) is 0.429. The first-order valence-corrected chi connectivity index (χ1v) is 10.6. The molecule has 0 bridgehead atoms. The van der Waals surface area contributed by atoms with Crippen LogP contribution in [0.25, 0.3) is 0 Å². The molecule has 2 aromatic rings. The molecule has 2 aromatic heterocycles. The predicted molar refractivity (Wildman–Crippen MR) is 112 cm³/mol. The number of ketones is 1. The quantitative estimate of drug-likeness (QED) is 0.668. The van der Waals surface area contributed by atoms with Crippen LogP contribution in [0.5, 0.6) is 0 Å². The zero-order chi connectivity index (χ0) is 21.1. The van der Waals surface area contributed by atoms with Gasteiger partial charge < -0.3 is 14.9 Å². The first-order valence-electron chi connectivity index (χ1n) is 9.74. The normalized spacial score (nSPS) is 16.9. The third-order valence-electron chi connectivity index (χ3n) is 5.21. The number of rotatable bonds is 8. The minimum absolute atomic E-state index is 0.106. The van der Waals surface area contributed by atoms with Gasteiger partial charge in [-0.3, -0.25) is 14.6 Å². The number of hydrogen-bond acceptors (Lipinski definition) is 7. The number of thiazole rings is 1. The van der Waals surface area contributed by atoms with Crippen molar-refractivity contribution in [1.29, 1.82) is 0 Å². The van der Waals surface area contributed by atoms with Crippen molar-refractivity contribution in [2.75, 3.05) is 26.2 Å². The van der Waals surface area contributed by atoms with E-state index in [0.717, 1.165) is 18.1 Å². The maximum atomic E-state index is 13.4. The fourth-order valence-electron chi connectivity index (χ4n) is 3.65. The van der Waals surface area contributed by atoms with E-state index in [0.29, 0.717) is 29.2 Å². The van der Waals surface area contributed by atoms with Gasteiger partial charge in [0.15, 0.2) is 5.76 Å². The Morgan fingerprint density at radius 1 is 1.31 bits per heavy atom. The Balaban J connectivity index is 2.02. The molecule has 0 fully saturated rings. The van der Waals surface area contributed by atoms with E-state index in [4.69, 9.17) is 0 Å². The third kappa shape index (κ3) is 4.09. The number of aliphatic hydroxyl groups is 1. The molecule has 3 heterocycles. The van der Waals surface area contributed by atoms with E-state index >= 15 is 0 Å². The van der Waals surface area contributed by atoms with Crippen LogP contribution >= 0.6 is 11.3 Å². The Hall–Kier alpha value is -2.58. The molecule has 7 nitrogen and oxygen atoms in total. The molecule has 0 aromatic carbocycles. The lowest BCUT2D eigenvalue weighted by Gasteiger charge is -2.29. The van der Waals surface area contributed by atoms with Gasteiger partial charge in [-0.15, -0.1) is 11.3 Å². The molecule has 0 spiro atoms. The van der Waals surface area contributed by atoms with Crippen LogP contribution in [0.2, 0.25) is 0 Å². The number of hydrogen-bond donors (Lipinski definition) is 1. The molecular weight excluding hydrogens is 388 g/mol. The lowest BCUT2D eigenvalue weighted by atomic mass is 9.96. The average Bonchev–Trinajstić information content (AvgIpc) is 3.19. The van der Waals surface area contributed by atoms with E-state index < -0.39 is 17.7 Å². The molecule has 29 heavy (non-hydrogen) atoms. The van der Waals surface area contributed by atoms with Crippen molar-refractivity contribution in [2.45, 2.75) is 33.7 Å². The summed E-state index contributed by atoms with van der Waals surface area (Å²) in [5, 5.41) is 11.5. The highest BCUT2D eigenvalue weighted by atomic mass is 32.1. The molecule has 0 aliphatic carbocycles. The van der Waals surface area contributed by atoms with E-state index in [1.807, 2.05) is 13.0 Å². The number of aliphatic hydroxyl groups excluding tert-OH is 1. The molecule has 0 saturated heterocycles. The van der Waals surface area contributed by atoms with Crippen LogP contribution in [0.15, 0.2) is 35.9 Å². The van der Waals surface area contributed by atoms with Crippen LogP contribution < -0.4 is 0 Å². The minimum Gasteiger partial charge on any atom is -0.503 e. The van der Waals surface area contributed by atoms with Gasteiger partial charge in [-0.05, 0) is 38.6 Å². The Morgan fingerprint density at radius 2 is 2.03 bits per heavy atom. The summed E-state index contributed by atoms with van der Waals surface area (Å²) in [5.41, 5.74) is 1.41. The van der Waals surface area contributed by atoms with Crippen molar-refractivity contribution < 1.29 is 14.7 Å². The summed E-state index contributed by atoms with van der Waals surface area (Å²) in [6.45, 7) is 10.5. The highest BCUT2D eigenvalue weighted by Crippen LogP contribution is 2.39. The molecule has 1 aliphatic rings. The van der Waals surface area contributed by atoms with E-state index in [1.165, 1.54) is 11.3 Å². The zero-order valence-corrected chi connectivity index (χ0v) is 18.0. The van der Waals surface area contributed by atoms with Gasteiger partial charge in [-0.2, -0.15) is 0 Å². The Labute approximate surface area is 174 Å². The third-order valence-corrected chi connectivity index (χ3v) is 6.28. The Bertz CT molecular complexity index is 935. The second-order valence-corrected chi connectivity index (χ2v) is 8.16. The van der Waals surface area contributed by atoms with Crippen molar-refractivity contribution in [3.05, 3.63) is 57.0 Å². The van der Waals surface area contributed by atoms with Crippen molar-refractivity contribution in [3.8, 4) is 0 Å². The summed E-state index contributed by atoms with van der Waals surface area (Å²) in [6, 6.07) is 2.93. The Kier molecular flexibility index (Phi) is 6.44. The Morgan fingerprint density at radius 3 is 2.59 bits per heavy atom. The molecule has 1 amide bonds. The number of nitrogens with zero attached hydrogens (tertiary/aromatic N) is 4. The first-order chi connectivity index (χ1) is 13.9. The lowest BCUT2D eigenvalue weighted by molar-refractivity contribution is -0.129. The van der Waals surface area contributed by atoms with E-state index in [-0.39, 0.29) is 11.4 Å². The zero-order valence-electron chi connectivity index (χ0n) is 17.2. The monoisotopic (exact) mass is 414 g/mol. The molecule has 3 rings (SSSR count). The molecule has 154 valence electrons. The van der Waals surface area contributed by atoms with Gasteiger partial charge in [0.2, 0.25) is 5.78 Å². The maximum Gasteiger partial charge on any atom is 0.290 e. The summed E-state index contributed by atoms with van der Waals surface area (Å²) >= 11 is 1.28. The molecule has 0 radical (unpaired) electrons. The molecule has 1 atom stereocenters. The molecule has 1 N–H and O–H groups in total. The lowest BCUT2D eigenvalue weighted by Crippen LogP contribution is -2.38. The number of pyridine rings is 1. The largest absolute Gasteiger partial charge is 0.503 e. The highest BCUT2D eigenvalue weighted by Gasteiger charge is 2.44. The summed E-state index contributed by atoms with van der Waals surface area (Å²) < 4.78 is 0. The van der Waals surface area contributed by atoms with Crippen LogP contribution in [0.4, 0.5) is 0 Å². The van der Waals surface area contributed by atoms with Crippen molar-refractivity contribution in [1.82, 2.24) is 19.8 Å². The van der Waals surface area contributed by atoms with Crippen molar-refractivity contribution >= 4 is 23.0 Å². The number of carbonyl (C=O) groups is 2. The minimum atomic E-state index is -0.666. The molecule has 0 unspecified atom stereocenters. The van der Waals surface area contributed by atoms with Gasteiger partial charge in [0.1, 0.15) is 0 Å². The van der Waals surface area contributed by atoms with E-state index in [1.54, 1.807) is 30.3 Å². The number of aryl methyl sites for hydroxylation is 2. The maximum absolute atomic E-state index is 13.4. The number of Topliss-reactive ketones (excluding diaryl/α,β-unsaturated/α-hetero) is 1. The second kappa shape index (κ2) is 8.84. The summed E-state index contributed by atoms with van der Waals surface area (Å²) in [6.07, 6.45) is 3.28. The van der Waals surface area contributed by atoms with Crippen LogP contribution in [0.1, 0.15) is 45.8 Å². The van der Waals surface area contributed by atoms with Gasteiger partial charge in [-0.1, -0.05) is 19.9 Å². The predicted octanol–water partition coefficient (Wildman–Crippen LogP) is 3.08. The fourth-order valence-corrected chi connectivity index (χ4v) is 4.53. The SMILES string of the molecule is CCN(CC)CCN1C(=O)C(O)=C(C(=O)c2sc(C)nc2C)[C@@H]1c1cccnc1. The first kappa shape index (κ1) is 21.1. The summed E-state index contributed by atoms with van der Waals surface area (Å²) in [4.78, 5) is 39.0. The average molecular weight is 415 g/mol. The number of aromatic nitrogens is 2. The molecule has 1 aliphatic heterocycles. The topological polar surface area (TPSA) is 86.6 Å². The van der Waals surface area contributed by atoms with E-state index in [2.05, 4.69) is 28.7 Å². The van der Waals surface area contributed by atoms with Crippen LogP contribution in [-0.2, 0) is 4.79 Å². The number of carbonyl (C=O) groups excluding carboxylic acids is 2. The van der Waals surface area contributed by atoms with Gasteiger partial charge in [0, 0.05) is 25.5 Å². The smallest absolute Gasteiger partial charge is 0.290 e. The van der Waals surface area contributed by atoms with Gasteiger partial charge in [0.05, 0.1) is 27.2 Å². The second-order valence-electron chi connectivity index (χ2n) is 6.95. The van der Waals surface area contributed by atoms with Crippen LogP contribution in [0, 0.1) is 13.8 Å². The summed E-state index contributed by atoms with van der Waals surface area (Å²) in [5.74, 6) is -1.35. The van der Waals surface area contributed by atoms with Crippen molar-refractivity contribution in [3.63, 3.8) is 0 Å². The van der Waals surface area contributed by atoms with Crippen LogP contribution in [0.3, 0.4) is 0 Å². The molecule has 8 heteroatoms. The standard InChI is InChI=1S/C21H26N4O3S/c1-5-24(6-2)10-11-25-17(15-8-7-9-22-12-15)16(19(27)21(25)28)18(26)20-13(3)23-14(4)29-20/h7-9,12,17,27H,5-6,10-11H2,1-4H3/t17-/m0/s1. The van der Waals surface area contributed by atoms with Crippen molar-refractivity contribution in [2.24, 2.45) is 0 Å². The van der Waals surface area contributed by atoms with E-state index in [9.17, 15) is 14.7 Å². The highest BCUT2D eigenvalue weighted by molar-refractivity contribution is 7.14. The summed E-state index contributed by atoms with van der Waals surface area (Å²) in [7, 11) is 0. The number of likely N-dealkylation sites (N-methyl/N-ethyl adjacent to an activating group) is 1.